The van der Waals surface area contributed by atoms with Gasteiger partial charge in [-0.1, -0.05) is 6.07 Å². The molecule has 2 aromatic carbocycles. The summed E-state index contributed by atoms with van der Waals surface area (Å²) in [4.78, 5) is 30.0. The minimum Gasteiger partial charge on any atom is -0.484 e. The standard InChI is InChI=1S/C19H17FN6O3/c20-15-9-23-19(25-13-3-1-2-11(8-13)17(22)28)26-18(15)24-12-4-6-14(7-5-12)29-10-16(21)27/h1-9H,10H2,(H2,21,27)(H2,22,28)(H2,23,24,25,26). The van der Waals surface area contributed by atoms with E-state index in [1.807, 2.05) is 0 Å². The van der Waals surface area contributed by atoms with Gasteiger partial charge in [-0.2, -0.15) is 4.98 Å². The van der Waals surface area contributed by atoms with Crippen molar-refractivity contribution in [1.29, 1.82) is 0 Å². The van der Waals surface area contributed by atoms with Crippen molar-refractivity contribution in [3.8, 4) is 5.75 Å². The minimum absolute atomic E-state index is 0.0561. The summed E-state index contributed by atoms with van der Waals surface area (Å²) in [7, 11) is 0. The summed E-state index contributed by atoms with van der Waals surface area (Å²) in [6, 6.07) is 12.9. The number of nitrogens with zero attached hydrogens (tertiary/aromatic N) is 2. The lowest BCUT2D eigenvalue weighted by atomic mass is 10.2. The number of nitrogens with one attached hydrogen (secondary N) is 2. The Hall–Kier alpha value is -4.21. The van der Waals surface area contributed by atoms with Crippen LogP contribution in [0, 0.1) is 5.82 Å². The van der Waals surface area contributed by atoms with E-state index in [4.69, 9.17) is 16.2 Å². The number of hydrogen-bond acceptors (Lipinski definition) is 7. The largest absolute Gasteiger partial charge is 0.484 e. The topological polar surface area (TPSA) is 145 Å². The van der Waals surface area contributed by atoms with Gasteiger partial charge in [-0.15, -0.1) is 0 Å². The molecule has 0 fully saturated rings. The second-order valence-electron chi connectivity index (χ2n) is 5.86. The molecule has 3 aromatic rings. The number of rotatable bonds is 8. The van der Waals surface area contributed by atoms with Crippen molar-refractivity contribution in [2.75, 3.05) is 17.2 Å². The number of nitrogens with two attached hydrogens (primary N) is 2. The van der Waals surface area contributed by atoms with Crippen molar-refractivity contribution in [3.05, 3.63) is 66.1 Å². The molecule has 29 heavy (non-hydrogen) atoms. The second kappa shape index (κ2) is 8.65. The highest BCUT2D eigenvalue weighted by Crippen LogP contribution is 2.22. The van der Waals surface area contributed by atoms with Crippen LogP contribution in [0.3, 0.4) is 0 Å². The van der Waals surface area contributed by atoms with Crippen LogP contribution in [-0.4, -0.2) is 28.4 Å². The van der Waals surface area contributed by atoms with E-state index in [2.05, 4.69) is 20.6 Å². The molecule has 10 heteroatoms. The molecule has 0 atom stereocenters. The summed E-state index contributed by atoms with van der Waals surface area (Å²) in [5, 5.41) is 5.72. The van der Waals surface area contributed by atoms with Crippen LogP contribution in [-0.2, 0) is 4.79 Å². The average molecular weight is 396 g/mol. The molecule has 0 radical (unpaired) electrons. The molecule has 2 amide bonds. The molecule has 9 nitrogen and oxygen atoms in total. The van der Waals surface area contributed by atoms with Gasteiger partial charge in [0.15, 0.2) is 18.2 Å². The number of ether oxygens (including phenoxy) is 1. The van der Waals surface area contributed by atoms with E-state index in [1.165, 1.54) is 6.07 Å². The van der Waals surface area contributed by atoms with Gasteiger partial charge in [0.2, 0.25) is 11.9 Å². The first-order valence-electron chi connectivity index (χ1n) is 8.38. The smallest absolute Gasteiger partial charge is 0.255 e. The lowest BCUT2D eigenvalue weighted by molar-refractivity contribution is -0.119. The van der Waals surface area contributed by atoms with Gasteiger partial charge in [0, 0.05) is 16.9 Å². The van der Waals surface area contributed by atoms with Gasteiger partial charge in [0.25, 0.3) is 5.91 Å². The Morgan fingerprint density at radius 1 is 1.03 bits per heavy atom. The van der Waals surface area contributed by atoms with Crippen LogP contribution in [0.25, 0.3) is 0 Å². The number of halogens is 1. The molecule has 0 spiro atoms. The molecular formula is C19H17FN6O3. The summed E-state index contributed by atoms with van der Waals surface area (Å²) in [6.07, 6.45) is 1.01. The molecule has 1 heterocycles. The van der Waals surface area contributed by atoms with Crippen molar-refractivity contribution in [2.24, 2.45) is 11.5 Å². The number of carbonyl (C=O) groups is 2. The first-order chi connectivity index (χ1) is 13.9. The lowest BCUT2D eigenvalue weighted by Crippen LogP contribution is -2.19. The Balaban J connectivity index is 1.73. The zero-order valence-corrected chi connectivity index (χ0v) is 15.1. The summed E-state index contributed by atoms with van der Waals surface area (Å²) in [5.41, 5.74) is 11.7. The third-order valence-electron chi connectivity index (χ3n) is 3.65. The van der Waals surface area contributed by atoms with E-state index >= 15 is 0 Å². The van der Waals surface area contributed by atoms with Gasteiger partial charge < -0.3 is 26.8 Å². The van der Waals surface area contributed by atoms with Crippen LogP contribution >= 0.6 is 0 Å². The first-order valence-corrected chi connectivity index (χ1v) is 8.38. The number of amides is 2. The number of anilines is 4. The van der Waals surface area contributed by atoms with Crippen molar-refractivity contribution >= 4 is 35.0 Å². The SMILES string of the molecule is NC(=O)COc1ccc(Nc2nc(Nc3cccc(C(N)=O)c3)ncc2F)cc1. The fourth-order valence-electron chi connectivity index (χ4n) is 2.32. The normalized spacial score (nSPS) is 10.2. The van der Waals surface area contributed by atoms with Crippen LogP contribution in [0.4, 0.5) is 27.5 Å². The summed E-state index contributed by atoms with van der Waals surface area (Å²) < 4.78 is 19.3. The summed E-state index contributed by atoms with van der Waals surface area (Å²) in [6.45, 7) is -0.237. The highest BCUT2D eigenvalue weighted by atomic mass is 19.1. The van der Waals surface area contributed by atoms with Gasteiger partial charge >= 0.3 is 0 Å². The van der Waals surface area contributed by atoms with Crippen molar-refractivity contribution in [1.82, 2.24) is 9.97 Å². The summed E-state index contributed by atoms with van der Waals surface area (Å²) in [5.74, 6) is -1.31. The lowest BCUT2D eigenvalue weighted by Gasteiger charge is -2.10. The van der Waals surface area contributed by atoms with Crippen LogP contribution in [0.1, 0.15) is 10.4 Å². The fourth-order valence-corrected chi connectivity index (χ4v) is 2.32. The van der Waals surface area contributed by atoms with E-state index in [-0.39, 0.29) is 18.4 Å². The molecule has 148 valence electrons. The van der Waals surface area contributed by atoms with Crippen LogP contribution in [0.2, 0.25) is 0 Å². The molecule has 0 bridgehead atoms. The highest BCUT2D eigenvalue weighted by Gasteiger charge is 2.09. The van der Waals surface area contributed by atoms with E-state index < -0.39 is 17.6 Å². The van der Waals surface area contributed by atoms with Crippen LogP contribution < -0.4 is 26.8 Å². The van der Waals surface area contributed by atoms with E-state index in [0.717, 1.165) is 6.20 Å². The molecule has 6 N–H and O–H groups in total. The third kappa shape index (κ3) is 5.39. The van der Waals surface area contributed by atoms with Crippen molar-refractivity contribution < 1.29 is 18.7 Å². The van der Waals surface area contributed by atoms with Gasteiger partial charge in [-0.25, -0.2) is 9.37 Å². The number of aromatic nitrogens is 2. The maximum absolute atomic E-state index is 14.1. The highest BCUT2D eigenvalue weighted by molar-refractivity contribution is 5.93. The third-order valence-corrected chi connectivity index (χ3v) is 3.65. The Labute approximate surface area is 164 Å². The second-order valence-corrected chi connectivity index (χ2v) is 5.86. The minimum atomic E-state index is -0.657. The Morgan fingerprint density at radius 3 is 2.48 bits per heavy atom. The molecule has 0 unspecified atom stereocenters. The molecule has 0 aliphatic rings. The number of carbonyl (C=O) groups excluding carboxylic acids is 2. The van der Waals surface area contributed by atoms with E-state index in [9.17, 15) is 14.0 Å². The summed E-state index contributed by atoms with van der Waals surface area (Å²) >= 11 is 0. The van der Waals surface area contributed by atoms with Crippen LogP contribution in [0.15, 0.2) is 54.7 Å². The Kier molecular flexibility index (Phi) is 5.83. The van der Waals surface area contributed by atoms with E-state index in [1.54, 1.807) is 42.5 Å². The monoisotopic (exact) mass is 396 g/mol. The number of benzene rings is 2. The maximum atomic E-state index is 14.1. The maximum Gasteiger partial charge on any atom is 0.255 e. The van der Waals surface area contributed by atoms with Crippen molar-refractivity contribution in [3.63, 3.8) is 0 Å². The molecule has 3 rings (SSSR count). The predicted octanol–water partition coefficient (Wildman–Crippen LogP) is 2.07. The van der Waals surface area contributed by atoms with Gasteiger partial charge in [0.05, 0.1) is 6.20 Å². The van der Waals surface area contributed by atoms with Gasteiger partial charge in [0.1, 0.15) is 5.75 Å². The number of hydrogen-bond donors (Lipinski definition) is 4. The molecular weight excluding hydrogens is 379 g/mol. The molecule has 0 aliphatic carbocycles. The van der Waals surface area contributed by atoms with Gasteiger partial charge in [-0.3, -0.25) is 9.59 Å². The predicted molar refractivity (Wildman–Crippen MR) is 105 cm³/mol. The van der Waals surface area contributed by atoms with Crippen molar-refractivity contribution in [2.45, 2.75) is 0 Å². The zero-order valence-electron chi connectivity index (χ0n) is 15.1. The quantitative estimate of drug-likeness (QED) is 0.456. The molecule has 0 saturated carbocycles. The zero-order chi connectivity index (χ0) is 20.8. The van der Waals surface area contributed by atoms with Crippen LogP contribution in [0.5, 0.6) is 5.75 Å². The fraction of sp³-hybridized carbons (Fsp3) is 0.0526. The first kappa shape index (κ1) is 19.5. The molecule has 1 aromatic heterocycles. The average Bonchev–Trinajstić information content (AvgIpc) is 2.70. The Bertz CT molecular complexity index is 1040. The number of primary amides is 2. The molecule has 0 saturated heterocycles. The Morgan fingerprint density at radius 2 is 1.79 bits per heavy atom. The molecule has 0 aliphatic heterocycles. The van der Waals surface area contributed by atoms with E-state index in [0.29, 0.717) is 22.7 Å². The van der Waals surface area contributed by atoms with Gasteiger partial charge in [-0.05, 0) is 42.5 Å².